The Kier molecular flexibility index (Phi) is 2.66. The Morgan fingerprint density at radius 3 is 2.62 bits per heavy atom. The zero-order valence-corrected chi connectivity index (χ0v) is 10.7. The third kappa shape index (κ3) is 1.69. The van der Waals surface area contributed by atoms with Crippen molar-refractivity contribution in [1.29, 1.82) is 0 Å². The first-order chi connectivity index (χ1) is 7.32. The van der Waals surface area contributed by atoms with E-state index in [1.807, 2.05) is 0 Å². The topological polar surface area (TPSA) is 51.2 Å². The van der Waals surface area contributed by atoms with Crippen LogP contribution in [0.2, 0.25) is 0 Å². The van der Waals surface area contributed by atoms with E-state index < -0.39 is 21.8 Å². The fourth-order valence-electron chi connectivity index (χ4n) is 1.81. The van der Waals surface area contributed by atoms with Gasteiger partial charge in [-0.05, 0) is 17.7 Å². The van der Waals surface area contributed by atoms with Gasteiger partial charge in [0.15, 0.2) is 21.8 Å². The lowest BCUT2D eigenvalue weighted by molar-refractivity contribution is 0.0896. The van der Waals surface area contributed by atoms with Crippen LogP contribution in [0.25, 0.3) is 0 Å². The van der Waals surface area contributed by atoms with Crippen molar-refractivity contribution in [2.24, 2.45) is 0 Å². The van der Waals surface area contributed by atoms with E-state index in [1.54, 1.807) is 0 Å². The molecule has 1 atom stereocenters. The Morgan fingerprint density at radius 2 is 2.06 bits per heavy atom. The molecule has 3 nitrogen and oxygen atoms in total. The quantitative estimate of drug-likeness (QED) is 0.796. The minimum atomic E-state index is -3.51. The van der Waals surface area contributed by atoms with Crippen LogP contribution in [0.4, 0.5) is 4.39 Å². The number of hydrogen-bond donors (Lipinski definition) is 0. The highest BCUT2D eigenvalue weighted by atomic mass is 79.9. The number of Topliss-reactive ketones (excluding diaryl/α,β-unsaturated/α-hetero) is 1. The van der Waals surface area contributed by atoms with Crippen LogP contribution in [0.5, 0.6) is 0 Å². The maximum absolute atomic E-state index is 13.3. The molecule has 0 fully saturated rings. The van der Waals surface area contributed by atoms with Gasteiger partial charge in [-0.3, -0.25) is 4.79 Å². The highest BCUT2D eigenvalue weighted by Gasteiger charge is 2.36. The van der Waals surface area contributed by atoms with Gasteiger partial charge >= 0.3 is 0 Å². The largest absolute Gasteiger partial charge is 0.291 e. The molecule has 0 amide bonds. The van der Waals surface area contributed by atoms with E-state index in [-0.39, 0.29) is 16.9 Å². The minimum Gasteiger partial charge on any atom is -0.291 e. The summed E-state index contributed by atoms with van der Waals surface area (Å²) >= 11 is 3.19. The van der Waals surface area contributed by atoms with Crippen LogP contribution in [0.1, 0.15) is 15.9 Å². The molecule has 1 unspecified atom stereocenters. The second kappa shape index (κ2) is 3.63. The van der Waals surface area contributed by atoms with Crippen molar-refractivity contribution in [2.45, 2.75) is 17.5 Å². The van der Waals surface area contributed by atoms with E-state index in [9.17, 15) is 17.6 Å². The first kappa shape index (κ1) is 11.7. The van der Waals surface area contributed by atoms with Crippen LogP contribution in [0.15, 0.2) is 21.5 Å². The molecule has 0 aliphatic heterocycles. The number of ketones is 1. The lowest BCUT2D eigenvalue weighted by atomic mass is 10.1. The molecule has 0 bridgehead atoms. The number of sulfone groups is 1. The molecule has 1 aliphatic carbocycles. The number of fused-ring (bicyclic) bond motifs is 1. The standard InChI is InChI=1S/C10H8BrFO3S/c1-16(14,15)8-3-2-6(11)5-4-7(12)10(13)9(5)8/h2-3,7H,4H2,1H3. The summed E-state index contributed by atoms with van der Waals surface area (Å²) in [6.07, 6.45) is -0.679. The summed E-state index contributed by atoms with van der Waals surface area (Å²) in [6.45, 7) is 0. The molecule has 1 aliphatic rings. The Hall–Kier alpha value is -0.750. The van der Waals surface area contributed by atoms with Crippen molar-refractivity contribution >= 4 is 31.6 Å². The summed E-state index contributed by atoms with van der Waals surface area (Å²) in [4.78, 5) is 11.5. The van der Waals surface area contributed by atoms with Gasteiger partial charge in [-0.15, -0.1) is 0 Å². The molecule has 6 heteroatoms. The molecule has 1 aromatic carbocycles. The maximum Gasteiger partial charge on any atom is 0.198 e. The molecule has 0 saturated heterocycles. The smallest absolute Gasteiger partial charge is 0.198 e. The van der Waals surface area contributed by atoms with Crippen molar-refractivity contribution in [3.63, 3.8) is 0 Å². The van der Waals surface area contributed by atoms with E-state index in [2.05, 4.69) is 15.9 Å². The summed E-state index contributed by atoms with van der Waals surface area (Å²) < 4.78 is 36.8. The van der Waals surface area contributed by atoms with Gasteiger partial charge in [0.1, 0.15) is 0 Å². The van der Waals surface area contributed by atoms with Crippen LogP contribution in [0.3, 0.4) is 0 Å². The number of rotatable bonds is 1. The van der Waals surface area contributed by atoms with Gasteiger partial charge in [0.2, 0.25) is 0 Å². The first-order valence-electron chi connectivity index (χ1n) is 4.52. The van der Waals surface area contributed by atoms with E-state index in [0.717, 1.165) is 6.26 Å². The molecule has 0 N–H and O–H groups in total. The van der Waals surface area contributed by atoms with Gasteiger partial charge < -0.3 is 0 Å². The average Bonchev–Trinajstić information content (AvgIpc) is 2.44. The first-order valence-corrected chi connectivity index (χ1v) is 7.20. The monoisotopic (exact) mass is 306 g/mol. The SMILES string of the molecule is CS(=O)(=O)c1ccc(Br)c2c1C(=O)C(F)C2. The molecule has 86 valence electrons. The van der Waals surface area contributed by atoms with Gasteiger partial charge in [0.05, 0.1) is 4.90 Å². The van der Waals surface area contributed by atoms with E-state index in [0.29, 0.717) is 10.0 Å². The molecular formula is C10H8BrFO3S. The zero-order valence-electron chi connectivity index (χ0n) is 8.33. The molecule has 16 heavy (non-hydrogen) atoms. The molecular weight excluding hydrogens is 299 g/mol. The normalized spacial score (nSPS) is 19.9. The number of hydrogen-bond acceptors (Lipinski definition) is 3. The number of alkyl halides is 1. The lowest BCUT2D eigenvalue weighted by Gasteiger charge is -2.06. The van der Waals surface area contributed by atoms with Crippen LogP contribution in [0, 0.1) is 0 Å². The summed E-state index contributed by atoms with van der Waals surface area (Å²) in [7, 11) is -3.51. The van der Waals surface area contributed by atoms with Gasteiger partial charge in [-0.25, -0.2) is 12.8 Å². The predicted octanol–water partition coefficient (Wildman–Crippen LogP) is 1.93. The van der Waals surface area contributed by atoms with Crippen LogP contribution >= 0.6 is 15.9 Å². The molecule has 0 saturated carbocycles. The molecule has 2 rings (SSSR count). The Balaban J connectivity index is 2.80. The molecule has 0 spiro atoms. The van der Waals surface area contributed by atoms with Crippen LogP contribution < -0.4 is 0 Å². The molecule has 0 radical (unpaired) electrons. The van der Waals surface area contributed by atoms with E-state index in [1.165, 1.54) is 12.1 Å². The second-order valence-corrected chi connectivity index (χ2v) is 6.55. The van der Waals surface area contributed by atoms with Gasteiger partial charge in [0.25, 0.3) is 0 Å². The van der Waals surface area contributed by atoms with Crippen molar-refractivity contribution in [3.05, 3.63) is 27.7 Å². The fraction of sp³-hybridized carbons (Fsp3) is 0.300. The van der Waals surface area contributed by atoms with Crippen LogP contribution in [-0.4, -0.2) is 26.6 Å². The highest BCUT2D eigenvalue weighted by Crippen LogP contribution is 2.35. The van der Waals surface area contributed by atoms with Crippen molar-refractivity contribution in [3.8, 4) is 0 Å². The zero-order chi connectivity index (χ0) is 12.1. The summed E-state index contributed by atoms with van der Waals surface area (Å²) in [5.41, 5.74) is 0.449. The fourth-order valence-corrected chi connectivity index (χ4v) is 3.21. The summed E-state index contributed by atoms with van der Waals surface area (Å²) in [5.74, 6) is -0.739. The molecule has 0 heterocycles. The molecule has 0 aromatic heterocycles. The van der Waals surface area contributed by atoms with E-state index in [4.69, 9.17) is 0 Å². The van der Waals surface area contributed by atoms with E-state index >= 15 is 0 Å². The third-order valence-corrected chi connectivity index (χ3v) is 4.41. The Labute approximate surface area is 101 Å². The predicted molar refractivity (Wildman–Crippen MR) is 60.2 cm³/mol. The Bertz CT molecular complexity index is 580. The van der Waals surface area contributed by atoms with Gasteiger partial charge in [-0.1, -0.05) is 15.9 Å². The van der Waals surface area contributed by atoms with Crippen molar-refractivity contribution < 1.29 is 17.6 Å². The Morgan fingerprint density at radius 1 is 1.44 bits per heavy atom. The number of benzene rings is 1. The van der Waals surface area contributed by atoms with Gasteiger partial charge in [-0.2, -0.15) is 0 Å². The maximum atomic E-state index is 13.3. The highest BCUT2D eigenvalue weighted by molar-refractivity contribution is 9.10. The number of carbonyl (C=O) groups is 1. The summed E-state index contributed by atoms with van der Waals surface area (Å²) in [5, 5.41) is 0. The minimum absolute atomic E-state index is 0.00405. The second-order valence-electron chi connectivity index (χ2n) is 3.71. The van der Waals surface area contributed by atoms with Gasteiger partial charge in [0, 0.05) is 22.7 Å². The van der Waals surface area contributed by atoms with Crippen LogP contribution in [-0.2, 0) is 16.3 Å². The average molecular weight is 307 g/mol. The lowest BCUT2D eigenvalue weighted by Crippen LogP contribution is -2.11. The summed E-state index contributed by atoms with van der Waals surface area (Å²) in [6, 6.07) is 2.86. The number of carbonyl (C=O) groups excluding carboxylic acids is 1. The number of halogens is 2. The third-order valence-electron chi connectivity index (χ3n) is 2.53. The van der Waals surface area contributed by atoms with Crippen molar-refractivity contribution in [2.75, 3.05) is 6.26 Å². The van der Waals surface area contributed by atoms with Crippen molar-refractivity contribution in [1.82, 2.24) is 0 Å². The molecule has 1 aromatic rings.